The molecule has 0 amide bonds. The second kappa shape index (κ2) is 7.47. The molecule has 1 heterocycles. The van der Waals surface area contributed by atoms with Gasteiger partial charge in [-0.1, -0.05) is 0 Å². The molecule has 5 heteroatoms. The van der Waals surface area contributed by atoms with Crippen molar-refractivity contribution in [1.29, 1.82) is 0 Å². The average Bonchev–Trinajstić information content (AvgIpc) is 2.78. The predicted octanol–water partition coefficient (Wildman–Crippen LogP) is 2.08. The summed E-state index contributed by atoms with van der Waals surface area (Å²) < 4.78 is 16.4. The van der Waals surface area contributed by atoms with E-state index in [9.17, 15) is 0 Å². The molecule has 0 bridgehead atoms. The zero-order valence-electron chi connectivity index (χ0n) is 12.4. The molecule has 1 aliphatic rings. The molecular weight excluding hydrogens is 258 g/mol. The number of fused-ring (bicyclic) bond motifs is 1. The van der Waals surface area contributed by atoms with Gasteiger partial charge in [-0.3, -0.25) is 4.84 Å². The minimum absolute atomic E-state index is 0.237. The van der Waals surface area contributed by atoms with E-state index in [2.05, 4.69) is 18.5 Å². The van der Waals surface area contributed by atoms with Gasteiger partial charge in [0, 0.05) is 31.2 Å². The molecule has 1 aliphatic heterocycles. The Morgan fingerprint density at radius 2 is 2.20 bits per heavy atom. The van der Waals surface area contributed by atoms with Crippen molar-refractivity contribution < 1.29 is 19.0 Å². The second-order valence-corrected chi connectivity index (χ2v) is 4.80. The van der Waals surface area contributed by atoms with E-state index in [-0.39, 0.29) is 6.10 Å². The van der Waals surface area contributed by atoms with Crippen molar-refractivity contribution in [3.63, 3.8) is 0 Å². The molecule has 1 unspecified atom stereocenters. The van der Waals surface area contributed by atoms with E-state index >= 15 is 0 Å². The van der Waals surface area contributed by atoms with Gasteiger partial charge in [-0.05, 0) is 26.0 Å². The molecule has 0 aliphatic carbocycles. The fourth-order valence-corrected chi connectivity index (χ4v) is 2.24. The lowest BCUT2D eigenvalue weighted by Gasteiger charge is -2.13. The number of nitrogens with one attached hydrogen (secondary N) is 1. The van der Waals surface area contributed by atoms with E-state index in [1.54, 1.807) is 7.11 Å². The first-order chi connectivity index (χ1) is 9.74. The van der Waals surface area contributed by atoms with E-state index in [1.165, 1.54) is 5.56 Å². The highest BCUT2D eigenvalue weighted by molar-refractivity contribution is 5.48. The largest absolute Gasteiger partial charge is 0.494 e. The number of methoxy groups -OCH3 is 1. The van der Waals surface area contributed by atoms with Crippen LogP contribution in [0.4, 0.5) is 0 Å². The van der Waals surface area contributed by atoms with Gasteiger partial charge in [0.15, 0.2) is 0 Å². The molecule has 1 N–H and O–H groups in total. The van der Waals surface area contributed by atoms with Crippen LogP contribution in [-0.4, -0.2) is 33.0 Å². The summed E-state index contributed by atoms with van der Waals surface area (Å²) in [4.78, 5) is 5.28. The van der Waals surface area contributed by atoms with Crippen LogP contribution in [0, 0.1) is 0 Å². The number of ether oxygens (including phenoxy) is 3. The fraction of sp³-hybridized carbons (Fsp3) is 0.600. The molecule has 20 heavy (non-hydrogen) atoms. The maximum atomic E-state index is 5.78. The third-order valence-corrected chi connectivity index (χ3v) is 3.13. The first kappa shape index (κ1) is 15.1. The number of hydroxylamine groups is 1. The molecule has 2 rings (SSSR count). The van der Waals surface area contributed by atoms with E-state index in [4.69, 9.17) is 19.0 Å². The summed E-state index contributed by atoms with van der Waals surface area (Å²) in [6.45, 7) is 6.36. The second-order valence-electron chi connectivity index (χ2n) is 4.80. The van der Waals surface area contributed by atoms with Gasteiger partial charge in [-0.2, -0.15) is 5.48 Å². The fourth-order valence-electron chi connectivity index (χ4n) is 2.24. The van der Waals surface area contributed by atoms with Crippen LogP contribution >= 0.6 is 0 Å². The van der Waals surface area contributed by atoms with Crippen LogP contribution < -0.4 is 15.0 Å². The van der Waals surface area contributed by atoms with Gasteiger partial charge in [0.1, 0.15) is 17.6 Å². The van der Waals surface area contributed by atoms with Crippen LogP contribution in [0.3, 0.4) is 0 Å². The van der Waals surface area contributed by atoms with Crippen molar-refractivity contribution in [3.8, 4) is 11.5 Å². The molecule has 1 atom stereocenters. The normalized spacial score (nSPS) is 16.9. The number of hydrogen-bond acceptors (Lipinski definition) is 5. The molecule has 0 radical (unpaired) electrons. The van der Waals surface area contributed by atoms with Crippen LogP contribution in [-0.2, 0) is 22.5 Å². The van der Waals surface area contributed by atoms with Crippen LogP contribution in [0.25, 0.3) is 0 Å². The van der Waals surface area contributed by atoms with Gasteiger partial charge >= 0.3 is 0 Å². The van der Waals surface area contributed by atoms with Gasteiger partial charge in [-0.25, -0.2) is 0 Å². The SMILES string of the molecule is CCOc1cc2c(cc1CNOCCOC)OC(C)C2. The summed E-state index contributed by atoms with van der Waals surface area (Å²) in [7, 11) is 1.65. The molecule has 0 saturated heterocycles. The van der Waals surface area contributed by atoms with Gasteiger partial charge < -0.3 is 14.2 Å². The van der Waals surface area contributed by atoms with Gasteiger partial charge in [0.05, 0.1) is 19.8 Å². The molecule has 0 aromatic heterocycles. The highest BCUT2D eigenvalue weighted by atomic mass is 16.7. The quantitative estimate of drug-likeness (QED) is 0.584. The summed E-state index contributed by atoms with van der Waals surface area (Å²) in [6, 6.07) is 4.12. The molecule has 112 valence electrons. The van der Waals surface area contributed by atoms with Crippen LogP contribution in [0.5, 0.6) is 11.5 Å². The van der Waals surface area contributed by atoms with Crippen LogP contribution in [0.15, 0.2) is 12.1 Å². The van der Waals surface area contributed by atoms with Crippen molar-refractivity contribution in [2.75, 3.05) is 26.9 Å². The standard InChI is InChI=1S/C15H23NO4/c1-4-18-14-8-12-7-11(2)20-15(12)9-13(14)10-16-19-6-5-17-3/h8-9,11,16H,4-7,10H2,1-3H3. The maximum Gasteiger partial charge on any atom is 0.124 e. The highest BCUT2D eigenvalue weighted by Crippen LogP contribution is 2.35. The molecule has 1 aromatic rings. The Balaban J connectivity index is 2.00. The Labute approximate surface area is 120 Å². The molecule has 0 spiro atoms. The van der Waals surface area contributed by atoms with Crippen molar-refractivity contribution in [2.24, 2.45) is 0 Å². The summed E-state index contributed by atoms with van der Waals surface area (Å²) >= 11 is 0. The molecular formula is C15H23NO4. The highest BCUT2D eigenvalue weighted by Gasteiger charge is 2.21. The summed E-state index contributed by atoms with van der Waals surface area (Å²) in [5.74, 6) is 1.85. The smallest absolute Gasteiger partial charge is 0.124 e. The number of rotatable bonds is 8. The summed E-state index contributed by atoms with van der Waals surface area (Å²) in [5, 5.41) is 0. The van der Waals surface area contributed by atoms with Gasteiger partial charge in [0.2, 0.25) is 0 Å². The molecule has 0 fully saturated rings. The van der Waals surface area contributed by atoms with Gasteiger partial charge in [-0.15, -0.1) is 0 Å². The monoisotopic (exact) mass is 281 g/mol. The van der Waals surface area contributed by atoms with E-state index < -0.39 is 0 Å². The lowest BCUT2D eigenvalue weighted by molar-refractivity contribution is 0.00315. The van der Waals surface area contributed by atoms with E-state index in [1.807, 2.05) is 13.0 Å². The van der Waals surface area contributed by atoms with Crippen molar-refractivity contribution >= 4 is 0 Å². The average molecular weight is 281 g/mol. The zero-order chi connectivity index (χ0) is 14.4. The predicted molar refractivity (Wildman–Crippen MR) is 76.1 cm³/mol. The lowest BCUT2D eigenvalue weighted by Crippen LogP contribution is -2.17. The van der Waals surface area contributed by atoms with E-state index in [0.717, 1.165) is 23.5 Å². The maximum absolute atomic E-state index is 5.78. The van der Waals surface area contributed by atoms with Crippen LogP contribution in [0.1, 0.15) is 25.0 Å². The van der Waals surface area contributed by atoms with Crippen LogP contribution in [0.2, 0.25) is 0 Å². The Hall–Kier alpha value is -1.30. The Bertz CT molecular complexity index is 436. The van der Waals surface area contributed by atoms with Crippen molar-refractivity contribution in [1.82, 2.24) is 5.48 Å². The van der Waals surface area contributed by atoms with Crippen molar-refractivity contribution in [3.05, 3.63) is 23.3 Å². The third kappa shape index (κ3) is 3.85. The summed E-state index contributed by atoms with van der Waals surface area (Å²) in [5.41, 5.74) is 5.17. The number of benzene rings is 1. The first-order valence-electron chi connectivity index (χ1n) is 7.03. The third-order valence-electron chi connectivity index (χ3n) is 3.13. The molecule has 1 aromatic carbocycles. The Kier molecular flexibility index (Phi) is 5.64. The Morgan fingerprint density at radius 3 is 2.95 bits per heavy atom. The zero-order valence-corrected chi connectivity index (χ0v) is 12.4. The minimum atomic E-state index is 0.237. The number of hydrogen-bond donors (Lipinski definition) is 1. The Morgan fingerprint density at radius 1 is 1.35 bits per heavy atom. The van der Waals surface area contributed by atoms with Crippen molar-refractivity contribution in [2.45, 2.75) is 32.9 Å². The topological polar surface area (TPSA) is 49.0 Å². The van der Waals surface area contributed by atoms with E-state index in [0.29, 0.717) is 26.4 Å². The molecule has 5 nitrogen and oxygen atoms in total. The lowest BCUT2D eigenvalue weighted by atomic mass is 10.1. The molecule has 0 saturated carbocycles. The summed E-state index contributed by atoms with van der Waals surface area (Å²) in [6.07, 6.45) is 1.17. The minimum Gasteiger partial charge on any atom is -0.494 e. The first-order valence-corrected chi connectivity index (χ1v) is 7.03. The van der Waals surface area contributed by atoms with Gasteiger partial charge in [0.25, 0.3) is 0 Å².